The Hall–Kier alpha value is -2.55. The molecule has 0 radical (unpaired) electrons. The van der Waals surface area contributed by atoms with Crippen LogP contribution in [0.25, 0.3) is 13.2 Å². The number of aryl methyl sites for hydroxylation is 1. The predicted molar refractivity (Wildman–Crippen MR) is 80.6 cm³/mol. The second kappa shape index (κ2) is 5.40. The molecule has 0 aromatic heterocycles. The molecule has 0 bridgehead atoms. The smallest absolute Gasteiger partial charge is 0.308 e. The van der Waals surface area contributed by atoms with Crippen molar-refractivity contribution < 1.29 is 4.79 Å². The number of carbonyl (C=O) groups excluding carboxylic acids is 1. The van der Waals surface area contributed by atoms with Gasteiger partial charge in [0.1, 0.15) is 0 Å². The molecule has 0 saturated carbocycles. The zero-order chi connectivity index (χ0) is 13.8. The van der Waals surface area contributed by atoms with Crippen LogP contribution in [-0.4, -0.2) is 6.03 Å². The van der Waals surface area contributed by atoms with Crippen molar-refractivity contribution in [3.63, 3.8) is 0 Å². The van der Waals surface area contributed by atoms with E-state index in [0.29, 0.717) is 5.69 Å². The monoisotopic (exact) mass is 252 g/mol. The number of benzene rings is 2. The highest BCUT2D eigenvalue weighted by molar-refractivity contribution is 5.99. The van der Waals surface area contributed by atoms with Gasteiger partial charge in [0.25, 0.3) is 0 Å². The van der Waals surface area contributed by atoms with Gasteiger partial charge in [0.05, 0.1) is 0 Å². The Morgan fingerprint density at radius 1 is 1.05 bits per heavy atom. The van der Waals surface area contributed by atoms with E-state index < -0.39 is 0 Å². The molecule has 0 unspecified atom stereocenters. The van der Waals surface area contributed by atoms with Gasteiger partial charge in [-0.2, -0.15) is 0 Å². The molecular weight excluding hydrogens is 236 g/mol. The summed E-state index contributed by atoms with van der Waals surface area (Å²) >= 11 is 0. The van der Waals surface area contributed by atoms with E-state index in [1.165, 1.54) is 0 Å². The van der Waals surface area contributed by atoms with Gasteiger partial charge in [0, 0.05) is 11.4 Å². The Labute approximate surface area is 112 Å². The Bertz CT molecular complexity index is 707. The Morgan fingerprint density at radius 2 is 1.79 bits per heavy atom. The second-order valence-corrected chi connectivity index (χ2v) is 4.39. The lowest BCUT2D eigenvalue weighted by Crippen LogP contribution is -2.29. The first-order chi connectivity index (χ1) is 9.06. The quantitative estimate of drug-likeness (QED) is 0.847. The minimum atomic E-state index is -0.291. The summed E-state index contributed by atoms with van der Waals surface area (Å²) in [6.07, 6.45) is 0. The maximum Gasteiger partial charge on any atom is 0.323 e. The van der Waals surface area contributed by atoms with Crippen molar-refractivity contribution in [3.8, 4) is 0 Å². The molecule has 3 heteroatoms. The molecule has 0 fully saturated rings. The summed E-state index contributed by atoms with van der Waals surface area (Å²) < 4.78 is 0. The lowest BCUT2D eigenvalue weighted by Gasteiger charge is -2.08. The summed E-state index contributed by atoms with van der Waals surface area (Å²) in [5.41, 5.74) is 2.52. The highest BCUT2D eigenvalue weighted by Crippen LogP contribution is 2.09. The Morgan fingerprint density at radius 3 is 2.53 bits per heavy atom. The largest absolute Gasteiger partial charge is 0.323 e. The minimum Gasteiger partial charge on any atom is -0.308 e. The van der Waals surface area contributed by atoms with Crippen LogP contribution in [0.2, 0.25) is 0 Å². The number of amides is 2. The van der Waals surface area contributed by atoms with Gasteiger partial charge in [-0.15, -0.1) is 0 Å². The molecule has 2 amide bonds. The van der Waals surface area contributed by atoms with Crippen LogP contribution in [0.1, 0.15) is 5.56 Å². The van der Waals surface area contributed by atoms with E-state index >= 15 is 0 Å². The molecule has 96 valence electrons. The maximum absolute atomic E-state index is 11.9. The lowest BCUT2D eigenvalue weighted by atomic mass is 10.2. The number of hydrogen-bond donors (Lipinski definition) is 2. The normalized spacial score (nSPS) is 9.95. The fourth-order valence-corrected chi connectivity index (χ4v) is 1.76. The summed E-state index contributed by atoms with van der Waals surface area (Å²) in [7, 11) is 0. The van der Waals surface area contributed by atoms with Gasteiger partial charge in [0.15, 0.2) is 0 Å². The molecule has 2 aromatic carbocycles. The van der Waals surface area contributed by atoms with Crippen LogP contribution in [0.15, 0.2) is 42.5 Å². The Kier molecular flexibility index (Phi) is 3.66. The summed E-state index contributed by atoms with van der Waals surface area (Å²) in [5.74, 6) is 0. The van der Waals surface area contributed by atoms with Crippen LogP contribution in [0.3, 0.4) is 0 Å². The van der Waals surface area contributed by atoms with E-state index in [1.807, 2.05) is 43.3 Å². The third-order valence-electron chi connectivity index (χ3n) is 2.80. The highest BCUT2D eigenvalue weighted by Gasteiger charge is 2.03. The van der Waals surface area contributed by atoms with Gasteiger partial charge in [-0.05, 0) is 41.1 Å². The molecule has 0 aliphatic rings. The van der Waals surface area contributed by atoms with Crippen molar-refractivity contribution in [1.82, 2.24) is 0 Å². The fourth-order valence-electron chi connectivity index (χ4n) is 1.76. The summed E-state index contributed by atoms with van der Waals surface area (Å²) in [6, 6.07) is 12.8. The summed E-state index contributed by atoms with van der Waals surface area (Å²) in [4.78, 5) is 11.9. The van der Waals surface area contributed by atoms with Gasteiger partial charge in [-0.25, -0.2) is 4.79 Å². The van der Waals surface area contributed by atoms with Crippen molar-refractivity contribution in [3.05, 3.63) is 58.5 Å². The molecule has 0 heterocycles. The highest BCUT2D eigenvalue weighted by atomic mass is 16.2. The molecule has 2 rings (SSSR count). The van der Waals surface area contributed by atoms with E-state index in [0.717, 1.165) is 21.7 Å². The summed E-state index contributed by atoms with van der Waals surface area (Å²) in [6.45, 7) is 9.71. The number of nitrogens with one attached hydrogen (secondary N) is 2. The number of anilines is 2. The first-order valence-electron chi connectivity index (χ1n) is 5.98. The number of hydrogen-bond acceptors (Lipinski definition) is 1. The van der Waals surface area contributed by atoms with Crippen LogP contribution in [0.5, 0.6) is 0 Å². The van der Waals surface area contributed by atoms with Crippen LogP contribution in [0, 0.1) is 6.92 Å². The first kappa shape index (κ1) is 12.9. The van der Waals surface area contributed by atoms with Gasteiger partial charge >= 0.3 is 6.03 Å². The van der Waals surface area contributed by atoms with Crippen molar-refractivity contribution in [2.45, 2.75) is 6.92 Å². The molecule has 2 N–H and O–H groups in total. The number of urea groups is 1. The molecule has 0 spiro atoms. The number of carbonyl (C=O) groups is 1. The van der Waals surface area contributed by atoms with Crippen LogP contribution >= 0.6 is 0 Å². The third-order valence-corrected chi connectivity index (χ3v) is 2.80. The zero-order valence-corrected chi connectivity index (χ0v) is 10.9. The topological polar surface area (TPSA) is 41.1 Å². The van der Waals surface area contributed by atoms with Crippen LogP contribution in [0.4, 0.5) is 16.2 Å². The van der Waals surface area contributed by atoms with Crippen molar-refractivity contribution in [2.24, 2.45) is 0 Å². The van der Waals surface area contributed by atoms with E-state index in [1.54, 1.807) is 6.07 Å². The van der Waals surface area contributed by atoms with E-state index in [2.05, 4.69) is 23.8 Å². The minimum absolute atomic E-state index is 0.291. The van der Waals surface area contributed by atoms with Crippen molar-refractivity contribution >= 4 is 30.6 Å². The lowest BCUT2D eigenvalue weighted by molar-refractivity contribution is 0.262. The standard InChI is InChI=1S/C16H16N2O/c1-11-6-4-8-14(10-11)17-16(19)18-15-9-5-7-12(2)13(15)3/h4-10H,2-3H2,1H3,(H2,17,18,19). The Balaban J connectivity index is 2.12. The molecule has 0 saturated heterocycles. The van der Waals surface area contributed by atoms with Gasteiger partial charge in [0.2, 0.25) is 0 Å². The molecule has 0 aliphatic carbocycles. The first-order valence-corrected chi connectivity index (χ1v) is 5.98. The van der Waals surface area contributed by atoms with Crippen LogP contribution in [-0.2, 0) is 0 Å². The molecule has 0 aliphatic heterocycles. The maximum atomic E-state index is 11.9. The third kappa shape index (κ3) is 3.22. The zero-order valence-electron chi connectivity index (χ0n) is 10.9. The number of rotatable bonds is 2. The average molecular weight is 252 g/mol. The molecular formula is C16H16N2O. The molecule has 3 nitrogen and oxygen atoms in total. The summed E-state index contributed by atoms with van der Waals surface area (Å²) in [5, 5.41) is 7.07. The van der Waals surface area contributed by atoms with Crippen molar-refractivity contribution in [1.29, 1.82) is 0 Å². The van der Waals surface area contributed by atoms with Crippen LogP contribution < -0.4 is 21.1 Å². The van der Waals surface area contributed by atoms with Crippen molar-refractivity contribution in [2.75, 3.05) is 10.6 Å². The van der Waals surface area contributed by atoms with E-state index in [4.69, 9.17) is 0 Å². The van der Waals surface area contributed by atoms with E-state index in [-0.39, 0.29) is 6.03 Å². The van der Waals surface area contributed by atoms with Gasteiger partial charge < -0.3 is 10.6 Å². The van der Waals surface area contributed by atoms with Gasteiger partial charge in [-0.3, -0.25) is 0 Å². The SMILES string of the molecule is C=c1cccc(NC(=O)Nc2cccc(C)c2)c1=C. The predicted octanol–water partition coefficient (Wildman–Crippen LogP) is 2.46. The average Bonchev–Trinajstić information content (AvgIpc) is 2.35. The van der Waals surface area contributed by atoms with E-state index in [9.17, 15) is 4.79 Å². The molecule has 0 atom stereocenters. The molecule has 2 aromatic rings. The molecule has 19 heavy (non-hydrogen) atoms. The second-order valence-electron chi connectivity index (χ2n) is 4.39. The van der Waals surface area contributed by atoms with Gasteiger partial charge in [-0.1, -0.05) is 37.4 Å². The fraction of sp³-hybridized carbons (Fsp3) is 0.0625.